The van der Waals surface area contributed by atoms with E-state index in [1.54, 1.807) is 0 Å². The molecule has 4 nitrogen and oxygen atoms in total. The number of carbonyl (C=O) groups is 2. The van der Waals surface area contributed by atoms with Gasteiger partial charge in [0.25, 0.3) is 0 Å². The summed E-state index contributed by atoms with van der Waals surface area (Å²) in [5.74, 6) is -0.333. The molecule has 276 valence electrons. The van der Waals surface area contributed by atoms with E-state index < -0.39 is 0 Å². The fourth-order valence-corrected chi connectivity index (χ4v) is 6.00. The van der Waals surface area contributed by atoms with Gasteiger partial charge in [0.1, 0.15) is 12.7 Å². The minimum Gasteiger partial charge on any atom is -0.462 e. The maximum absolute atomic E-state index is 12.6. The Kier molecular flexibility index (Phi) is 33.1. The number of carbonyl (C=O) groups excluding carboxylic acids is 2. The number of hydrogen-bond acceptors (Lipinski definition) is 4. The average molecular weight is 661 g/mol. The van der Waals surface area contributed by atoms with Crippen LogP contribution in [0.4, 0.5) is 0 Å². The molecule has 47 heavy (non-hydrogen) atoms. The van der Waals surface area contributed by atoms with Gasteiger partial charge in [0, 0.05) is 12.8 Å². The van der Waals surface area contributed by atoms with Crippen LogP contribution in [0.15, 0.2) is 24.3 Å². The molecule has 0 amide bonds. The predicted molar refractivity (Wildman–Crippen MR) is 204 cm³/mol. The van der Waals surface area contributed by atoms with Crippen LogP contribution >= 0.6 is 0 Å². The van der Waals surface area contributed by atoms with Gasteiger partial charge in [0.15, 0.2) is 0 Å². The Hall–Kier alpha value is -1.58. The van der Waals surface area contributed by atoms with E-state index in [0.717, 1.165) is 32.1 Å². The van der Waals surface area contributed by atoms with Crippen molar-refractivity contribution in [2.45, 2.75) is 227 Å². The Morgan fingerprint density at radius 2 is 0.830 bits per heavy atom. The molecule has 0 spiro atoms. The minimum atomic E-state index is -0.372. The Morgan fingerprint density at radius 3 is 1.21 bits per heavy atom. The van der Waals surface area contributed by atoms with Gasteiger partial charge in [-0.05, 0) is 76.0 Å². The lowest BCUT2D eigenvalue weighted by Gasteiger charge is -2.25. The largest absolute Gasteiger partial charge is 0.462 e. The monoisotopic (exact) mass is 661 g/mol. The van der Waals surface area contributed by atoms with Crippen molar-refractivity contribution in [1.29, 1.82) is 0 Å². The van der Waals surface area contributed by atoms with Gasteiger partial charge in [-0.1, -0.05) is 162 Å². The highest BCUT2D eigenvalue weighted by atomic mass is 16.6. The van der Waals surface area contributed by atoms with Crippen molar-refractivity contribution in [3.05, 3.63) is 24.3 Å². The van der Waals surface area contributed by atoms with Gasteiger partial charge in [-0.25, -0.2) is 0 Å². The van der Waals surface area contributed by atoms with Crippen molar-refractivity contribution in [3.8, 4) is 0 Å². The highest BCUT2D eigenvalue weighted by molar-refractivity contribution is 5.70. The van der Waals surface area contributed by atoms with Crippen LogP contribution in [0.2, 0.25) is 0 Å². The van der Waals surface area contributed by atoms with Crippen LogP contribution in [0.5, 0.6) is 0 Å². The van der Waals surface area contributed by atoms with Gasteiger partial charge in [-0.2, -0.15) is 0 Å². The summed E-state index contributed by atoms with van der Waals surface area (Å²) >= 11 is 0. The molecule has 1 atom stereocenters. The van der Waals surface area contributed by atoms with Crippen LogP contribution in [0.1, 0.15) is 221 Å². The van der Waals surface area contributed by atoms with Crippen molar-refractivity contribution in [2.75, 3.05) is 6.61 Å². The summed E-state index contributed by atoms with van der Waals surface area (Å²) < 4.78 is 11.4. The maximum Gasteiger partial charge on any atom is 0.306 e. The first-order chi connectivity index (χ1) is 22.8. The van der Waals surface area contributed by atoms with Crippen LogP contribution in [-0.2, 0) is 19.1 Å². The van der Waals surface area contributed by atoms with E-state index >= 15 is 0 Å². The van der Waals surface area contributed by atoms with E-state index in [2.05, 4.69) is 58.9 Å². The van der Waals surface area contributed by atoms with Gasteiger partial charge >= 0.3 is 11.9 Å². The molecule has 0 aromatic rings. The molecule has 0 heterocycles. The van der Waals surface area contributed by atoms with Crippen molar-refractivity contribution in [2.24, 2.45) is 5.41 Å². The summed E-state index contributed by atoms with van der Waals surface area (Å²) in [6.07, 6.45) is 42.8. The van der Waals surface area contributed by atoms with E-state index in [-0.39, 0.29) is 30.1 Å². The Bertz CT molecular complexity index is 747. The molecule has 0 fully saturated rings. The first-order valence-electron chi connectivity index (χ1n) is 20.4. The zero-order chi connectivity index (χ0) is 34.7. The van der Waals surface area contributed by atoms with Crippen LogP contribution in [0.3, 0.4) is 0 Å². The average Bonchev–Trinajstić information content (AvgIpc) is 3.03. The van der Waals surface area contributed by atoms with E-state index in [4.69, 9.17) is 9.47 Å². The third-order valence-electron chi connectivity index (χ3n) is 8.85. The summed E-state index contributed by atoms with van der Waals surface area (Å²) in [6.45, 7) is 11.1. The van der Waals surface area contributed by atoms with Crippen molar-refractivity contribution in [1.82, 2.24) is 0 Å². The molecule has 0 saturated heterocycles. The third kappa shape index (κ3) is 37.1. The second kappa shape index (κ2) is 34.3. The second-order valence-corrected chi connectivity index (χ2v) is 15.2. The fraction of sp³-hybridized carbons (Fsp3) is 0.860. The van der Waals surface area contributed by atoms with E-state index in [0.29, 0.717) is 19.3 Å². The summed E-state index contributed by atoms with van der Waals surface area (Å²) in [6, 6.07) is 0. The molecule has 1 unspecified atom stereocenters. The minimum absolute atomic E-state index is 0.0101. The number of hydrogen-bond donors (Lipinski definition) is 0. The van der Waals surface area contributed by atoms with E-state index in [1.165, 1.54) is 135 Å². The van der Waals surface area contributed by atoms with Gasteiger partial charge in [0.05, 0.1) is 0 Å². The number of esters is 2. The molecular weight excluding hydrogens is 580 g/mol. The Balaban J connectivity index is 3.89. The van der Waals surface area contributed by atoms with Gasteiger partial charge in [-0.15, -0.1) is 0 Å². The van der Waals surface area contributed by atoms with Gasteiger partial charge < -0.3 is 9.47 Å². The molecule has 4 heteroatoms. The lowest BCUT2D eigenvalue weighted by molar-refractivity contribution is -0.161. The molecule has 0 aromatic carbocycles. The first-order valence-corrected chi connectivity index (χ1v) is 20.4. The number of ether oxygens (including phenoxy) is 2. The number of allylic oxidation sites excluding steroid dienone is 4. The Labute approximate surface area is 293 Å². The second-order valence-electron chi connectivity index (χ2n) is 15.2. The van der Waals surface area contributed by atoms with Crippen molar-refractivity contribution in [3.63, 3.8) is 0 Å². The SMILES string of the molecule is CCCCCCCC/C=C\CCCCCCCC(=O)OCC(CC(C)(C)C)OC(=O)CCCCCCC/C=C\CCCCCCCC. The highest BCUT2D eigenvalue weighted by Gasteiger charge is 2.23. The van der Waals surface area contributed by atoms with E-state index in [9.17, 15) is 9.59 Å². The quantitative estimate of drug-likeness (QED) is 0.0391. The zero-order valence-corrected chi connectivity index (χ0v) is 32.2. The van der Waals surface area contributed by atoms with Gasteiger partial charge in [-0.3, -0.25) is 9.59 Å². The molecule has 0 radical (unpaired) electrons. The molecule has 0 rings (SSSR count). The molecule has 0 N–H and O–H groups in total. The highest BCUT2D eigenvalue weighted by Crippen LogP contribution is 2.23. The fourth-order valence-electron chi connectivity index (χ4n) is 6.00. The van der Waals surface area contributed by atoms with Crippen LogP contribution < -0.4 is 0 Å². The van der Waals surface area contributed by atoms with Gasteiger partial charge in [0.2, 0.25) is 0 Å². The summed E-state index contributed by atoms with van der Waals surface area (Å²) in [4.78, 5) is 25.0. The Morgan fingerprint density at radius 1 is 0.489 bits per heavy atom. The van der Waals surface area contributed by atoms with Crippen molar-refractivity contribution < 1.29 is 19.1 Å². The molecule has 0 aliphatic rings. The van der Waals surface area contributed by atoms with Crippen LogP contribution in [-0.4, -0.2) is 24.6 Å². The molecule has 0 bridgehead atoms. The molecule has 0 saturated carbocycles. The van der Waals surface area contributed by atoms with Crippen molar-refractivity contribution >= 4 is 11.9 Å². The smallest absolute Gasteiger partial charge is 0.306 e. The lowest BCUT2D eigenvalue weighted by Crippen LogP contribution is -2.29. The lowest BCUT2D eigenvalue weighted by atomic mass is 9.89. The summed E-state index contributed by atoms with van der Waals surface area (Å²) in [7, 11) is 0. The summed E-state index contributed by atoms with van der Waals surface area (Å²) in [5.41, 5.74) is -0.0101. The molecule has 0 aliphatic carbocycles. The molecular formula is C43H80O4. The first kappa shape index (κ1) is 45.4. The number of unbranched alkanes of at least 4 members (excludes halogenated alkanes) is 22. The molecule has 0 aromatic heterocycles. The van der Waals surface area contributed by atoms with Crippen LogP contribution in [0.25, 0.3) is 0 Å². The normalized spacial score (nSPS) is 12.7. The predicted octanol–water partition coefficient (Wildman–Crippen LogP) is 14.0. The standard InChI is InChI=1S/C43H80O4/c1-6-8-10-12-14-16-18-20-22-24-26-28-30-32-34-36-41(44)46-39-40(38-43(3,4)5)47-42(45)37-35-33-31-29-27-25-23-21-19-17-15-13-11-9-7-2/h20-23,40H,6-19,24-39H2,1-5H3/b22-20-,23-21-. The van der Waals surface area contributed by atoms with E-state index in [1.807, 2.05) is 0 Å². The zero-order valence-electron chi connectivity index (χ0n) is 32.2. The number of rotatable bonds is 34. The third-order valence-corrected chi connectivity index (χ3v) is 8.85. The maximum atomic E-state index is 12.6. The summed E-state index contributed by atoms with van der Waals surface area (Å²) in [5, 5.41) is 0. The van der Waals surface area contributed by atoms with Crippen LogP contribution in [0, 0.1) is 5.41 Å². The molecule has 0 aliphatic heterocycles. The topological polar surface area (TPSA) is 52.6 Å².